The quantitative estimate of drug-likeness (QED) is 0.106. The first kappa shape index (κ1) is 35.8. The maximum absolute atomic E-state index is 11.7. The minimum atomic E-state index is -0.963. The normalized spacial score (nSPS) is 23.8. The molecule has 3 rings (SSSR count). The molecule has 17 heteroatoms. The third-order valence-corrected chi connectivity index (χ3v) is 5.35. The summed E-state index contributed by atoms with van der Waals surface area (Å²) in [4.78, 5) is 62.5. The Labute approximate surface area is 225 Å². The number of carboxylic acid groups (broad SMARTS) is 3. The average Bonchev–Trinajstić information content (AvgIpc) is 3.67. The minimum Gasteiger partial charge on any atom is -0.480 e. The van der Waals surface area contributed by atoms with Crippen LogP contribution in [-0.2, 0) is 38.2 Å². The third-order valence-electron chi connectivity index (χ3n) is 5.35. The van der Waals surface area contributed by atoms with Crippen LogP contribution in [0.5, 0.6) is 0 Å². The summed E-state index contributed by atoms with van der Waals surface area (Å²) in [6.45, 7) is 3.08. The first-order valence-electron chi connectivity index (χ1n) is 12.3. The Hall–Kier alpha value is -3.22. The van der Waals surface area contributed by atoms with Crippen molar-refractivity contribution in [1.29, 1.82) is 0 Å². The Morgan fingerprint density at radius 1 is 0.795 bits per heavy atom. The van der Waals surface area contributed by atoms with Gasteiger partial charge in [0, 0.05) is 0 Å². The molecule has 17 nitrogen and oxygen atoms in total. The number of rotatable bonds is 7. The van der Waals surface area contributed by atoms with Crippen LogP contribution in [0, 0.1) is 0 Å². The van der Waals surface area contributed by atoms with Crippen molar-refractivity contribution >= 4 is 35.8 Å². The van der Waals surface area contributed by atoms with E-state index in [2.05, 4.69) is 20.7 Å². The van der Waals surface area contributed by atoms with Crippen molar-refractivity contribution in [3.05, 3.63) is 0 Å². The number of carbonyl (C=O) groups excluding carboxylic acids is 3. The fraction of sp³-hybridized carbons (Fsp3) is 0.727. The van der Waals surface area contributed by atoms with Crippen LogP contribution in [0.2, 0.25) is 0 Å². The Morgan fingerprint density at radius 3 is 1.62 bits per heavy atom. The largest absolute Gasteiger partial charge is 0.480 e. The number of nitrogens with two attached hydrogens (primary N) is 3. The van der Waals surface area contributed by atoms with E-state index in [9.17, 15) is 28.8 Å². The highest BCUT2D eigenvalue weighted by molar-refractivity contribution is 5.87. The highest BCUT2D eigenvalue weighted by Gasteiger charge is 2.37. The van der Waals surface area contributed by atoms with Crippen LogP contribution < -0.4 is 33.2 Å². The van der Waals surface area contributed by atoms with Gasteiger partial charge in [-0.25, -0.2) is 0 Å². The second kappa shape index (κ2) is 19.8. The summed E-state index contributed by atoms with van der Waals surface area (Å²) < 4.78 is 9.25. The summed E-state index contributed by atoms with van der Waals surface area (Å²) in [7, 11) is 0. The second-order valence-corrected chi connectivity index (χ2v) is 8.55. The van der Waals surface area contributed by atoms with Gasteiger partial charge in [0.15, 0.2) is 0 Å². The monoisotopic (exact) mass is 564 g/mol. The molecule has 0 radical (unpaired) electrons. The van der Waals surface area contributed by atoms with Crippen molar-refractivity contribution in [3.8, 4) is 0 Å². The molecule has 12 N–H and O–H groups in total. The molecular formula is C22H40N6O11. The van der Waals surface area contributed by atoms with Crippen LogP contribution in [0.1, 0.15) is 39.0 Å². The number of esters is 3. The fourth-order valence-corrected chi connectivity index (χ4v) is 3.28. The summed E-state index contributed by atoms with van der Waals surface area (Å²) in [5.74, 6) is -4.49. The number of carbonyl (C=O) groups is 6. The topological polar surface area (TPSA) is 296 Å². The van der Waals surface area contributed by atoms with Crippen molar-refractivity contribution < 1.29 is 53.6 Å². The molecule has 3 aliphatic rings. The molecule has 0 aliphatic carbocycles. The van der Waals surface area contributed by atoms with Crippen molar-refractivity contribution in [2.24, 2.45) is 17.2 Å². The van der Waals surface area contributed by atoms with Gasteiger partial charge in [0.2, 0.25) is 0 Å². The van der Waals surface area contributed by atoms with Crippen molar-refractivity contribution in [2.75, 3.05) is 32.7 Å². The van der Waals surface area contributed by atoms with Gasteiger partial charge in [-0.15, -0.1) is 0 Å². The number of aliphatic carboxylic acids is 3. The van der Waals surface area contributed by atoms with Gasteiger partial charge in [0.25, 0.3) is 0 Å². The number of nitrogens with one attached hydrogen (secondary N) is 3. The number of carboxylic acids is 3. The van der Waals surface area contributed by atoms with Crippen LogP contribution in [0.25, 0.3) is 0 Å². The summed E-state index contributed by atoms with van der Waals surface area (Å²) in [5.41, 5.74) is 14.5. The molecule has 3 saturated heterocycles. The van der Waals surface area contributed by atoms with Crippen LogP contribution in [0.15, 0.2) is 0 Å². The van der Waals surface area contributed by atoms with Gasteiger partial charge >= 0.3 is 35.8 Å². The van der Waals surface area contributed by atoms with E-state index in [4.69, 9.17) is 37.3 Å². The van der Waals surface area contributed by atoms with Crippen LogP contribution in [0.4, 0.5) is 0 Å². The number of hydrogen-bond donors (Lipinski definition) is 9. The lowest BCUT2D eigenvalue weighted by atomic mass is 10.1. The Balaban J connectivity index is 0.000000538. The van der Waals surface area contributed by atoms with Gasteiger partial charge in [0.1, 0.15) is 30.3 Å². The third kappa shape index (κ3) is 15.7. The highest BCUT2D eigenvalue weighted by atomic mass is 16.6. The summed E-state index contributed by atoms with van der Waals surface area (Å²) >= 11 is 0. The fourth-order valence-electron chi connectivity index (χ4n) is 3.28. The number of hydrogen-bond acceptors (Lipinski definition) is 14. The zero-order valence-corrected chi connectivity index (χ0v) is 21.8. The van der Waals surface area contributed by atoms with Gasteiger partial charge in [-0.05, 0) is 58.7 Å². The molecular weight excluding hydrogens is 524 g/mol. The maximum Gasteiger partial charge on any atom is 0.327 e. The van der Waals surface area contributed by atoms with E-state index in [1.54, 1.807) is 0 Å². The zero-order chi connectivity index (χ0) is 30.0. The lowest BCUT2D eigenvalue weighted by molar-refractivity contribution is -0.158. The Kier molecular flexibility index (Phi) is 18.2. The van der Waals surface area contributed by atoms with Crippen molar-refractivity contribution in [3.63, 3.8) is 0 Å². The summed E-state index contributed by atoms with van der Waals surface area (Å²) in [5, 5.41) is 33.8. The van der Waals surface area contributed by atoms with Gasteiger partial charge < -0.3 is 57.9 Å². The van der Waals surface area contributed by atoms with Gasteiger partial charge in [-0.3, -0.25) is 28.8 Å². The molecule has 3 aliphatic heterocycles. The minimum absolute atomic E-state index is 0.255. The molecule has 0 saturated carbocycles. The van der Waals surface area contributed by atoms with E-state index in [-0.39, 0.29) is 31.1 Å². The zero-order valence-electron chi connectivity index (χ0n) is 21.8. The van der Waals surface area contributed by atoms with E-state index in [0.717, 1.165) is 38.8 Å². The molecule has 3 fully saturated rings. The van der Waals surface area contributed by atoms with E-state index in [0.29, 0.717) is 13.0 Å². The predicted octanol–water partition coefficient (Wildman–Crippen LogP) is -3.69. The average molecular weight is 565 g/mol. The smallest absolute Gasteiger partial charge is 0.327 e. The molecule has 5 atom stereocenters. The SMILES string of the molecule is C[C@H](N)C(=O)O.NCC(=O)OC(=O)CN.O=C(O)[C@@H]1CCCN1.O=C(OC1CCN[C@@H]1C(=O)O)[C@@H]1CCCN1. The second-order valence-electron chi connectivity index (χ2n) is 8.55. The van der Waals surface area contributed by atoms with Crippen LogP contribution in [-0.4, -0.2) is 114 Å². The summed E-state index contributed by atoms with van der Waals surface area (Å²) in [6.07, 6.45) is 3.55. The lowest BCUT2D eigenvalue weighted by Crippen LogP contribution is -2.43. The Bertz CT molecular complexity index is 800. The summed E-state index contributed by atoms with van der Waals surface area (Å²) in [6, 6.07) is -2.01. The van der Waals surface area contributed by atoms with E-state index in [1.165, 1.54) is 6.92 Å². The molecule has 1 unspecified atom stereocenters. The van der Waals surface area contributed by atoms with E-state index in [1.807, 2.05) is 0 Å². The molecule has 0 aromatic rings. The van der Waals surface area contributed by atoms with Gasteiger partial charge in [0.05, 0.1) is 13.1 Å². The molecule has 0 amide bonds. The molecule has 0 bridgehead atoms. The van der Waals surface area contributed by atoms with Crippen LogP contribution >= 0.6 is 0 Å². The standard InChI is InChI=1S/C10H16N2O4.C5H9NO2.C4H8N2O3.C3H7NO2/c13-9(14)8-7(3-5-12-8)16-10(15)6-2-1-4-11-6;7-5(8)4-2-1-3-6-4;5-1-3(7)9-4(8)2-6;1-2(4)3(5)6/h6-8,11-12H,1-5H2,(H,13,14);4,6H,1-3H2,(H,7,8);1-2,5-6H2;2H,4H2,1H3,(H,5,6)/t6-,7?,8-;4-;;2-/m00.0/s1. The first-order chi connectivity index (χ1) is 18.3. The lowest BCUT2D eigenvalue weighted by Gasteiger charge is -2.18. The molecule has 224 valence electrons. The van der Waals surface area contributed by atoms with Gasteiger partial charge in [-0.2, -0.15) is 0 Å². The van der Waals surface area contributed by atoms with E-state index < -0.39 is 48.0 Å². The van der Waals surface area contributed by atoms with Crippen molar-refractivity contribution in [2.45, 2.75) is 69.3 Å². The van der Waals surface area contributed by atoms with Gasteiger partial charge in [-0.1, -0.05) is 0 Å². The molecule has 3 heterocycles. The predicted molar refractivity (Wildman–Crippen MR) is 134 cm³/mol. The first-order valence-corrected chi connectivity index (χ1v) is 12.3. The molecule has 0 aromatic heterocycles. The maximum atomic E-state index is 11.7. The molecule has 0 spiro atoms. The molecule has 0 aromatic carbocycles. The van der Waals surface area contributed by atoms with E-state index >= 15 is 0 Å². The van der Waals surface area contributed by atoms with Crippen molar-refractivity contribution in [1.82, 2.24) is 16.0 Å². The Morgan fingerprint density at radius 2 is 1.28 bits per heavy atom. The van der Waals surface area contributed by atoms with Crippen LogP contribution in [0.3, 0.4) is 0 Å². The highest BCUT2D eigenvalue weighted by Crippen LogP contribution is 2.15. The molecule has 39 heavy (non-hydrogen) atoms. The number of ether oxygens (including phenoxy) is 2.